The summed E-state index contributed by atoms with van der Waals surface area (Å²) in [6.07, 6.45) is -4.87. The van der Waals surface area contributed by atoms with Gasteiger partial charge < -0.3 is 15.0 Å². The lowest BCUT2D eigenvalue weighted by Crippen LogP contribution is -2.32. The van der Waals surface area contributed by atoms with Crippen LogP contribution in [0.1, 0.15) is 64.7 Å². The van der Waals surface area contributed by atoms with E-state index >= 15 is 4.39 Å². The van der Waals surface area contributed by atoms with E-state index in [0.29, 0.717) is 11.1 Å². The molecule has 0 unspecified atom stereocenters. The molecule has 2 amide bonds. The lowest BCUT2D eigenvalue weighted by Gasteiger charge is -2.32. The number of ether oxygens (including phenoxy) is 1. The zero-order valence-corrected chi connectivity index (χ0v) is 21.9. The number of alkyl halides is 3. The summed E-state index contributed by atoms with van der Waals surface area (Å²) in [6.45, 7) is 11.1. The minimum atomic E-state index is -4.44. The third kappa shape index (κ3) is 7.60. The molecule has 1 aliphatic rings. The number of carbonyl (C=O) groups excluding carboxylic acids is 2. The Kier molecular flexibility index (Phi) is 7.81. The zero-order chi connectivity index (χ0) is 27.8. The van der Waals surface area contributed by atoms with Gasteiger partial charge in [0.1, 0.15) is 11.3 Å². The molecule has 37 heavy (non-hydrogen) atoms. The first-order valence-corrected chi connectivity index (χ1v) is 12.0. The first-order valence-electron chi connectivity index (χ1n) is 12.0. The van der Waals surface area contributed by atoms with Crippen molar-refractivity contribution in [3.63, 3.8) is 0 Å². The van der Waals surface area contributed by atoms with Gasteiger partial charge in [0.2, 0.25) is 5.91 Å². The fourth-order valence-corrected chi connectivity index (χ4v) is 4.05. The summed E-state index contributed by atoms with van der Waals surface area (Å²) in [6, 6.07) is 6.53. The second-order valence-electron chi connectivity index (χ2n) is 11.4. The molecule has 2 N–H and O–H groups in total. The highest BCUT2D eigenvalue weighted by molar-refractivity contribution is 5.99. The number of fused-ring (bicyclic) bond motifs is 1. The van der Waals surface area contributed by atoms with Crippen LogP contribution in [-0.2, 0) is 28.7 Å². The van der Waals surface area contributed by atoms with Gasteiger partial charge in [-0.3, -0.25) is 10.1 Å². The molecule has 0 saturated heterocycles. The van der Waals surface area contributed by atoms with Crippen LogP contribution in [0.2, 0.25) is 0 Å². The molecule has 0 atom stereocenters. The second kappa shape index (κ2) is 10.2. The molecule has 0 radical (unpaired) electrons. The number of anilines is 3. The number of halogens is 4. The molecule has 0 saturated carbocycles. The topological polar surface area (TPSA) is 70.7 Å². The summed E-state index contributed by atoms with van der Waals surface area (Å²) in [5.74, 6) is -1.13. The fourth-order valence-electron chi connectivity index (χ4n) is 4.05. The smallest absolute Gasteiger partial charge is 0.416 e. The van der Waals surface area contributed by atoms with Crippen LogP contribution in [-0.4, -0.2) is 24.1 Å². The van der Waals surface area contributed by atoms with E-state index in [2.05, 4.69) is 10.6 Å². The maximum Gasteiger partial charge on any atom is 0.416 e. The van der Waals surface area contributed by atoms with Gasteiger partial charge in [-0.15, -0.1) is 0 Å². The van der Waals surface area contributed by atoms with Gasteiger partial charge in [0.25, 0.3) is 0 Å². The lowest BCUT2D eigenvalue weighted by atomic mass is 9.92. The standard InChI is InChI=1S/C27H33F4N3O3/c1-25(2,3)14-21(35)32-19-9-10-20(22(28)23(19)33-24(36)37-26(4,5)6)34-12-11-16-13-18(27(29,30)31)8-7-17(16)15-34/h7-10,13H,11-12,14-15H2,1-6H3,(H,32,35)(H,33,36). The van der Waals surface area contributed by atoms with Crippen molar-refractivity contribution in [2.24, 2.45) is 5.41 Å². The van der Waals surface area contributed by atoms with Crippen LogP contribution in [0.3, 0.4) is 0 Å². The summed E-state index contributed by atoms with van der Waals surface area (Å²) in [4.78, 5) is 26.7. The number of rotatable bonds is 4. The SMILES string of the molecule is CC(C)(C)CC(=O)Nc1ccc(N2CCc3cc(C(F)(F)F)ccc3C2)c(F)c1NC(=O)OC(C)(C)C. The van der Waals surface area contributed by atoms with Crippen LogP contribution < -0.4 is 15.5 Å². The number of nitrogens with one attached hydrogen (secondary N) is 2. The largest absolute Gasteiger partial charge is 0.444 e. The Balaban J connectivity index is 1.93. The van der Waals surface area contributed by atoms with Crippen LogP contribution in [0, 0.1) is 11.2 Å². The Morgan fingerprint density at radius 3 is 2.24 bits per heavy atom. The number of amides is 2. The first-order chi connectivity index (χ1) is 16.9. The average Bonchev–Trinajstić information content (AvgIpc) is 2.72. The number of carbonyl (C=O) groups is 2. The highest BCUT2D eigenvalue weighted by Crippen LogP contribution is 2.37. The summed E-state index contributed by atoms with van der Waals surface area (Å²) in [5, 5.41) is 5.09. The molecule has 0 aliphatic carbocycles. The van der Waals surface area contributed by atoms with E-state index in [9.17, 15) is 22.8 Å². The molecule has 0 aromatic heterocycles. The molecule has 0 fully saturated rings. The van der Waals surface area contributed by atoms with Crippen LogP contribution in [0.15, 0.2) is 30.3 Å². The Bertz CT molecular complexity index is 1180. The highest BCUT2D eigenvalue weighted by Gasteiger charge is 2.32. The first kappa shape index (κ1) is 28.3. The normalized spacial score (nSPS) is 14.2. The molecule has 3 rings (SSSR count). The molecule has 2 aromatic carbocycles. The van der Waals surface area contributed by atoms with E-state index in [4.69, 9.17) is 4.74 Å². The van der Waals surface area contributed by atoms with Crippen LogP contribution >= 0.6 is 0 Å². The minimum Gasteiger partial charge on any atom is -0.444 e. The van der Waals surface area contributed by atoms with Crippen molar-refractivity contribution >= 4 is 29.1 Å². The van der Waals surface area contributed by atoms with Crippen molar-refractivity contribution in [3.05, 3.63) is 52.8 Å². The van der Waals surface area contributed by atoms with Gasteiger partial charge in [0.05, 0.1) is 16.9 Å². The molecule has 1 aliphatic heterocycles. The fraction of sp³-hybridized carbons (Fsp3) is 0.481. The van der Waals surface area contributed by atoms with E-state index in [1.165, 1.54) is 18.2 Å². The van der Waals surface area contributed by atoms with E-state index in [1.54, 1.807) is 25.7 Å². The van der Waals surface area contributed by atoms with Gasteiger partial charge in [0.15, 0.2) is 5.82 Å². The third-order valence-corrected chi connectivity index (χ3v) is 5.60. The highest BCUT2D eigenvalue weighted by atomic mass is 19.4. The number of benzene rings is 2. The predicted octanol–water partition coefficient (Wildman–Crippen LogP) is 7.13. The molecule has 6 nitrogen and oxygen atoms in total. The Morgan fingerprint density at radius 1 is 0.973 bits per heavy atom. The van der Waals surface area contributed by atoms with Crippen molar-refractivity contribution < 1.29 is 31.9 Å². The third-order valence-electron chi connectivity index (χ3n) is 5.60. The average molecular weight is 524 g/mol. The van der Waals surface area contributed by atoms with Gasteiger partial charge in [-0.1, -0.05) is 26.8 Å². The van der Waals surface area contributed by atoms with Gasteiger partial charge in [-0.25, -0.2) is 9.18 Å². The summed E-state index contributed by atoms with van der Waals surface area (Å²) >= 11 is 0. The Morgan fingerprint density at radius 2 is 1.65 bits per heavy atom. The molecule has 202 valence electrons. The van der Waals surface area contributed by atoms with Crippen molar-refractivity contribution in [1.29, 1.82) is 0 Å². The molecule has 1 heterocycles. The Hall–Kier alpha value is -3.30. The predicted molar refractivity (Wildman–Crippen MR) is 135 cm³/mol. The molecule has 2 aromatic rings. The van der Waals surface area contributed by atoms with Gasteiger partial charge in [-0.05, 0) is 68.0 Å². The van der Waals surface area contributed by atoms with Crippen LogP contribution in [0.5, 0.6) is 0 Å². The van der Waals surface area contributed by atoms with Gasteiger partial charge in [0, 0.05) is 19.5 Å². The molecule has 0 bridgehead atoms. The van der Waals surface area contributed by atoms with Crippen molar-refractivity contribution in [2.75, 3.05) is 22.1 Å². The molecule has 0 spiro atoms. The minimum absolute atomic E-state index is 0.0774. The van der Waals surface area contributed by atoms with Gasteiger partial charge >= 0.3 is 12.3 Å². The summed E-state index contributed by atoms with van der Waals surface area (Å²) in [7, 11) is 0. The second-order valence-corrected chi connectivity index (χ2v) is 11.4. The molecular weight excluding hydrogens is 490 g/mol. The number of nitrogens with zero attached hydrogens (tertiary/aromatic N) is 1. The zero-order valence-electron chi connectivity index (χ0n) is 21.9. The van der Waals surface area contributed by atoms with Crippen LogP contribution in [0.25, 0.3) is 0 Å². The lowest BCUT2D eigenvalue weighted by molar-refractivity contribution is -0.137. The summed E-state index contributed by atoms with van der Waals surface area (Å²) < 4.78 is 60.4. The maximum atomic E-state index is 15.9. The van der Waals surface area contributed by atoms with E-state index < -0.39 is 29.3 Å². The van der Waals surface area contributed by atoms with Crippen LogP contribution in [0.4, 0.5) is 39.4 Å². The van der Waals surface area contributed by atoms with Crippen molar-refractivity contribution in [2.45, 2.75) is 72.7 Å². The van der Waals surface area contributed by atoms with Crippen molar-refractivity contribution in [1.82, 2.24) is 0 Å². The maximum absolute atomic E-state index is 15.9. The molecular formula is C27H33F4N3O3. The van der Waals surface area contributed by atoms with E-state index in [-0.39, 0.29) is 54.3 Å². The molecule has 10 heteroatoms. The van der Waals surface area contributed by atoms with Crippen molar-refractivity contribution in [3.8, 4) is 0 Å². The monoisotopic (exact) mass is 523 g/mol. The van der Waals surface area contributed by atoms with E-state index in [1.807, 2.05) is 20.8 Å². The quantitative estimate of drug-likeness (QED) is 0.419. The number of hydrogen-bond donors (Lipinski definition) is 2. The summed E-state index contributed by atoms with van der Waals surface area (Å²) in [5.41, 5.74) is -0.669. The number of hydrogen-bond acceptors (Lipinski definition) is 4. The van der Waals surface area contributed by atoms with Gasteiger partial charge in [-0.2, -0.15) is 13.2 Å². The van der Waals surface area contributed by atoms with E-state index in [0.717, 1.165) is 12.1 Å². The Labute approximate surface area is 214 Å².